The number of methoxy groups -OCH3 is 4. The molecule has 0 amide bonds. The Morgan fingerprint density at radius 1 is 0.800 bits per heavy atom. The van der Waals surface area contributed by atoms with Gasteiger partial charge in [-0.2, -0.15) is 0 Å². The third-order valence-corrected chi connectivity index (χ3v) is 6.84. The van der Waals surface area contributed by atoms with Crippen LogP contribution in [0, 0.1) is 6.92 Å². The minimum atomic E-state index is 0.527. The summed E-state index contributed by atoms with van der Waals surface area (Å²) in [6.07, 6.45) is 1.70. The van der Waals surface area contributed by atoms with Gasteiger partial charge in [-0.3, -0.25) is 4.57 Å². The molecule has 8 nitrogen and oxygen atoms in total. The van der Waals surface area contributed by atoms with Gasteiger partial charge in [-0.1, -0.05) is 0 Å². The first-order valence-electron chi connectivity index (χ1n) is 10.8. The molecule has 9 heteroatoms. The molecule has 0 radical (unpaired) electrons. The van der Waals surface area contributed by atoms with Crippen LogP contribution in [0.2, 0.25) is 0 Å². The largest absolute Gasteiger partial charge is 0.497 e. The van der Waals surface area contributed by atoms with E-state index in [2.05, 4.69) is 35.3 Å². The molecule has 0 aliphatic carbocycles. The molecule has 35 heavy (non-hydrogen) atoms. The van der Waals surface area contributed by atoms with Crippen LogP contribution in [0.5, 0.6) is 23.0 Å². The van der Waals surface area contributed by atoms with Crippen molar-refractivity contribution in [2.75, 3.05) is 28.4 Å². The van der Waals surface area contributed by atoms with Gasteiger partial charge in [0.2, 0.25) is 5.75 Å². The molecule has 0 saturated heterocycles. The fourth-order valence-electron chi connectivity index (χ4n) is 4.03. The summed E-state index contributed by atoms with van der Waals surface area (Å²) in [6.45, 7) is 2.06. The molecule has 5 rings (SSSR count). The Kier molecular flexibility index (Phi) is 6.00. The average molecular weight is 489 g/mol. The van der Waals surface area contributed by atoms with Gasteiger partial charge in [0.05, 0.1) is 44.3 Å². The highest BCUT2D eigenvalue weighted by Crippen LogP contribution is 2.41. The molecule has 2 aromatic heterocycles. The van der Waals surface area contributed by atoms with E-state index in [0.717, 1.165) is 43.4 Å². The summed E-state index contributed by atoms with van der Waals surface area (Å²) in [5.41, 5.74) is 4.82. The zero-order valence-electron chi connectivity index (χ0n) is 20.0. The normalized spacial score (nSPS) is 11.0. The number of fused-ring (bicyclic) bond motifs is 1. The van der Waals surface area contributed by atoms with Crippen LogP contribution in [-0.2, 0) is 0 Å². The minimum absolute atomic E-state index is 0.527. The van der Waals surface area contributed by atoms with Gasteiger partial charge in [0.1, 0.15) is 17.1 Å². The highest BCUT2D eigenvalue weighted by molar-refractivity contribution is 7.21. The number of hydrogen-bond acceptors (Lipinski definition) is 8. The van der Waals surface area contributed by atoms with Crippen molar-refractivity contribution in [1.29, 1.82) is 0 Å². The van der Waals surface area contributed by atoms with Gasteiger partial charge in [-0.25, -0.2) is 4.98 Å². The molecule has 0 aliphatic heterocycles. The van der Waals surface area contributed by atoms with Crippen LogP contribution in [0.3, 0.4) is 0 Å². The van der Waals surface area contributed by atoms with E-state index in [1.807, 2.05) is 34.9 Å². The fourth-order valence-corrected chi connectivity index (χ4v) is 5.02. The molecule has 2 heterocycles. The van der Waals surface area contributed by atoms with Crippen molar-refractivity contribution in [3.63, 3.8) is 0 Å². The Morgan fingerprint density at radius 3 is 2.23 bits per heavy atom. The number of rotatable bonds is 7. The molecule has 0 aliphatic rings. The number of hydrogen-bond donors (Lipinski definition) is 0. The van der Waals surface area contributed by atoms with Gasteiger partial charge in [0.25, 0.3) is 0 Å². The molecule has 0 atom stereocenters. The molecule has 0 unspecified atom stereocenters. The monoisotopic (exact) mass is 488 g/mol. The molecule has 0 fully saturated rings. The zero-order chi connectivity index (χ0) is 24.5. The number of aromatic nitrogens is 4. The van der Waals surface area contributed by atoms with E-state index in [9.17, 15) is 0 Å². The van der Waals surface area contributed by atoms with Crippen molar-refractivity contribution in [1.82, 2.24) is 19.7 Å². The predicted octanol–water partition coefficient (Wildman–Crippen LogP) is 5.55. The minimum Gasteiger partial charge on any atom is -0.497 e. The van der Waals surface area contributed by atoms with E-state index < -0.39 is 0 Å². The van der Waals surface area contributed by atoms with Crippen LogP contribution in [0.4, 0.5) is 0 Å². The van der Waals surface area contributed by atoms with Gasteiger partial charge in [0, 0.05) is 11.1 Å². The van der Waals surface area contributed by atoms with Gasteiger partial charge >= 0.3 is 0 Å². The second-order valence-corrected chi connectivity index (χ2v) is 8.82. The summed E-state index contributed by atoms with van der Waals surface area (Å²) in [5, 5.41) is 9.50. The van der Waals surface area contributed by atoms with Crippen LogP contribution in [0.15, 0.2) is 54.9 Å². The number of nitrogens with zero attached hydrogens (tertiary/aromatic N) is 4. The molecule has 0 N–H and O–H groups in total. The number of thiazole rings is 1. The molecule has 0 bridgehead atoms. The van der Waals surface area contributed by atoms with Crippen LogP contribution in [-0.4, -0.2) is 48.2 Å². The van der Waals surface area contributed by atoms with Crippen molar-refractivity contribution in [3.8, 4) is 50.6 Å². The second kappa shape index (κ2) is 9.27. The average Bonchev–Trinajstić information content (AvgIpc) is 3.54. The third-order valence-electron chi connectivity index (χ3n) is 5.77. The maximum Gasteiger partial charge on any atom is 0.203 e. The van der Waals surface area contributed by atoms with Gasteiger partial charge < -0.3 is 18.9 Å². The summed E-state index contributed by atoms with van der Waals surface area (Å²) < 4.78 is 24.9. The van der Waals surface area contributed by atoms with E-state index in [1.165, 1.54) is 0 Å². The van der Waals surface area contributed by atoms with E-state index in [1.54, 1.807) is 46.1 Å². The fraction of sp³-hybridized carbons (Fsp3) is 0.192. The summed E-state index contributed by atoms with van der Waals surface area (Å²) in [5.74, 6) is 3.11. The van der Waals surface area contributed by atoms with Crippen LogP contribution in [0.25, 0.3) is 37.9 Å². The van der Waals surface area contributed by atoms with E-state index in [0.29, 0.717) is 23.1 Å². The van der Waals surface area contributed by atoms with Crippen LogP contribution < -0.4 is 18.9 Å². The lowest BCUT2D eigenvalue weighted by Crippen LogP contribution is -2.01. The molecular formula is C26H24N4O4S. The predicted molar refractivity (Wildman–Crippen MR) is 136 cm³/mol. The first kappa shape index (κ1) is 22.7. The maximum atomic E-state index is 5.51. The van der Waals surface area contributed by atoms with Crippen molar-refractivity contribution < 1.29 is 18.9 Å². The summed E-state index contributed by atoms with van der Waals surface area (Å²) >= 11 is 1.64. The summed E-state index contributed by atoms with van der Waals surface area (Å²) in [4.78, 5) is 4.80. The molecule has 178 valence electrons. The smallest absolute Gasteiger partial charge is 0.203 e. The van der Waals surface area contributed by atoms with Gasteiger partial charge in [-0.15, -0.1) is 21.5 Å². The van der Waals surface area contributed by atoms with E-state index >= 15 is 0 Å². The van der Waals surface area contributed by atoms with Gasteiger partial charge in [0.15, 0.2) is 17.3 Å². The first-order valence-corrected chi connectivity index (χ1v) is 11.6. The second-order valence-electron chi connectivity index (χ2n) is 7.79. The number of aryl methyl sites for hydroxylation is 1. The lowest BCUT2D eigenvalue weighted by atomic mass is 10.1. The SMILES string of the molecule is COc1ccc2nc(-c3ccc(-n4cnnc4-c4cc(OC)c(OC)c(OC)c4)c(C)c3)sc2c1. The Labute approximate surface area is 206 Å². The Hall–Kier alpha value is -4.11. The Balaban J connectivity index is 1.55. The van der Waals surface area contributed by atoms with Crippen LogP contribution in [0.1, 0.15) is 5.56 Å². The highest BCUT2D eigenvalue weighted by atomic mass is 32.1. The quantitative estimate of drug-likeness (QED) is 0.297. The standard InChI is InChI=1S/C26H24N4O4S/c1-15-10-16(26-28-19-8-7-18(31-2)13-23(19)35-26)6-9-20(15)30-14-27-29-25(30)17-11-21(32-3)24(34-5)22(12-17)33-4/h6-14H,1-5H3. The third kappa shape index (κ3) is 4.04. The number of ether oxygens (including phenoxy) is 4. The van der Waals surface area contributed by atoms with Crippen molar-refractivity contribution in [2.45, 2.75) is 6.92 Å². The topological polar surface area (TPSA) is 80.5 Å². The first-order chi connectivity index (χ1) is 17.1. The van der Waals surface area contributed by atoms with E-state index in [4.69, 9.17) is 23.9 Å². The number of benzene rings is 3. The zero-order valence-corrected chi connectivity index (χ0v) is 20.8. The Morgan fingerprint density at radius 2 is 1.57 bits per heavy atom. The molecule has 5 aromatic rings. The molecule has 3 aromatic carbocycles. The van der Waals surface area contributed by atoms with E-state index in [-0.39, 0.29) is 0 Å². The van der Waals surface area contributed by atoms with Gasteiger partial charge in [-0.05, 0) is 61.0 Å². The van der Waals surface area contributed by atoms with Crippen LogP contribution >= 0.6 is 11.3 Å². The van der Waals surface area contributed by atoms with Crippen molar-refractivity contribution in [3.05, 3.63) is 60.4 Å². The van der Waals surface area contributed by atoms with Crippen molar-refractivity contribution in [2.24, 2.45) is 0 Å². The highest BCUT2D eigenvalue weighted by Gasteiger charge is 2.19. The Bertz CT molecular complexity index is 1500. The lowest BCUT2D eigenvalue weighted by molar-refractivity contribution is 0.324. The molecule has 0 spiro atoms. The maximum absolute atomic E-state index is 5.51. The molecular weight excluding hydrogens is 464 g/mol. The lowest BCUT2D eigenvalue weighted by Gasteiger charge is -2.15. The van der Waals surface area contributed by atoms with Crippen molar-refractivity contribution >= 4 is 21.6 Å². The summed E-state index contributed by atoms with van der Waals surface area (Å²) in [7, 11) is 6.43. The molecule has 0 saturated carbocycles. The summed E-state index contributed by atoms with van der Waals surface area (Å²) in [6, 6.07) is 15.9.